The van der Waals surface area contributed by atoms with E-state index in [4.69, 9.17) is 14.2 Å². The van der Waals surface area contributed by atoms with Crippen LogP contribution in [0.25, 0.3) is 0 Å². The molecular weight excluding hydrogens is 400 g/mol. The van der Waals surface area contributed by atoms with Crippen molar-refractivity contribution in [1.82, 2.24) is 0 Å². The largest absolute Gasteiger partial charge is 0.494 e. The molecule has 1 aliphatic heterocycles. The maximum absolute atomic E-state index is 12.4. The zero-order valence-corrected chi connectivity index (χ0v) is 17.6. The van der Waals surface area contributed by atoms with Gasteiger partial charge in [-0.15, -0.1) is 0 Å². The number of rotatable bonds is 9. The quantitative estimate of drug-likeness (QED) is 0.620. The molecule has 0 spiro atoms. The van der Waals surface area contributed by atoms with Crippen LogP contribution in [0.3, 0.4) is 0 Å². The molecule has 2 aromatic rings. The van der Waals surface area contributed by atoms with Crippen molar-refractivity contribution in [3.05, 3.63) is 48.5 Å². The average molecular weight is 426 g/mol. The van der Waals surface area contributed by atoms with Crippen LogP contribution in [-0.4, -0.2) is 44.1 Å². The minimum absolute atomic E-state index is 0.0425. The lowest BCUT2D eigenvalue weighted by molar-refractivity contribution is -0.151. The highest BCUT2D eigenvalue weighted by Gasteiger charge is 2.36. The Kier molecular flexibility index (Phi) is 7.48. The number of hydrogen-bond acceptors (Lipinski definition) is 6. The first-order chi connectivity index (χ1) is 15.0. The molecular formula is C23H26N2O6. The van der Waals surface area contributed by atoms with E-state index < -0.39 is 24.4 Å². The lowest BCUT2D eigenvalue weighted by Gasteiger charge is -2.17. The first-order valence-corrected chi connectivity index (χ1v) is 10.2. The summed E-state index contributed by atoms with van der Waals surface area (Å²) < 4.78 is 16.0. The van der Waals surface area contributed by atoms with E-state index in [0.29, 0.717) is 36.1 Å². The van der Waals surface area contributed by atoms with Gasteiger partial charge in [-0.05, 0) is 50.2 Å². The van der Waals surface area contributed by atoms with E-state index >= 15 is 0 Å². The molecule has 31 heavy (non-hydrogen) atoms. The molecule has 8 nitrogen and oxygen atoms in total. The van der Waals surface area contributed by atoms with E-state index in [9.17, 15) is 14.4 Å². The van der Waals surface area contributed by atoms with Gasteiger partial charge in [-0.1, -0.05) is 12.1 Å². The molecule has 1 atom stereocenters. The van der Waals surface area contributed by atoms with Gasteiger partial charge in [0.05, 0.1) is 24.8 Å². The minimum atomic E-state index is -0.623. The molecule has 0 bridgehead atoms. The predicted octanol–water partition coefficient (Wildman–Crippen LogP) is 3.02. The Morgan fingerprint density at radius 1 is 1.03 bits per heavy atom. The van der Waals surface area contributed by atoms with Crippen LogP contribution in [0.1, 0.15) is 20.3 Å². The Labute approximate surface area is 181 Å². The van der Waals surface area contributed by atoms with Gasteiger partial charge >= 0.3 is 5.97 Å². The number of nitrogens with zero attached hydrogens (tertiary/aromatic N) is 1. The van der Waals surface area contributed by atoms with Crippen LogP contribution >= 0.6 is 0 Å². The summed E-state index contributed by atoms with van der Waals surface area (Å²) in [5.41, 5.74) is 1.19. The highest BCUT2D eigenvalue weighted by molar-refractivity contribution is 6.00. The summed E-state index contributed by atoms with van der Waals surface area (Å²) in [5, 5.41) is 2.67. The zero-order chi connectivity index (χ0) is 22.2. The number of amides is 2. The topological polar surface area (TPSA) is 94.2 Å². The molecule has 0 saturated carbocycles. The van der Waals surface area contributed by atoms with Gasteiger partial charge in [0.1, 0.15) is 11.5 Å². The average Bonchev–Trinajstić information content (AvgIpc) is 3.16. The smallest absolute Gasteiger partial charge is 0.311 e. The minimum Gasteiger partial charge on any atom is -0.494 e. The first kappa shape index (κ1) is 22.1. The lowest BCUT2D eigenvalue weighted by atomic mass is 10.1. The van der Waals surface area contributed by atoms with Gasteiger partial charge < -0.3 is 24.4 Å². The van der Waals surface area contributed by atoms with E-state index in [0.717, 1.165) is 0 Å². The Balaban J connectivity index is 1.52. The number of benzene rings is 2. The van der Waals surface area contributed by atoms with Crippen LogP contribution in [0.5, 0.6) is 11.5 Å². The monoisotopic (exact) mass is 426 g/mol. The van der Waals surface area contributed by atoms with Gasteiger partial charge in [0.25, 0.3) is 5.91 Å². The van der Waals surface area contributed by atoms with Gasteiger partial charge in [-0.2, -0.15) is 0 Å². The van der Waals surface area contributed by atoms with Crippen molar-refractivity contribution in [3.8, 4) is 11.5 Å². The number of carbonyl (C=O) groups is 3. The van der Waals surface area contributed by atoms with E-state index in [1.807, 2.05) is 13.8 Å². The standard InChI is InChI=1S/C23H26N2O6/c1-3-29-18-11-9-17(10-12-18)25-14-16(13-22(25)27)23(28)31-15-21(26)24-19-7-5-6-8-20(19)30-4-2/h5-12,16H,3-4,13-15H2,1-2H3,(H,24,26)/t16-/m0/s1. The van der Waals surface area contributed by atoms with Crippen LogP contribution in [0, 0.1) is 5.92 Å². The molecule has 0 aromatic heterocycles. The number of para-hydroxylation sites is 2. The van der Waals surface area contributed by atoms with E-state index in [-0.39, 0.29) is 18.9 Å². The summed E-state index contributed by atoms with van der Waals surface area (Å²) in [4.78, 5) is 38.5. The second kappa shape index (κ2) is 10.5. The molecule has 2 amide bonds. The van der Waals surface area contributed by atoms with Gasteiger partial charge in [0.2, 0.25) is 5.91 Å². The fourth-order valence-electron chi connectivity index (χ4n) is 3.30. The van der Waals surface area contributed by atoms with Crippen LogP contribution < -0.4 is 19.7 Å². The molecule has 1 N–H and O–H groups in total. The maximum atomic E-state index is 12.4. The molecule has 3 rings (SSSR count). The van der Waals surface area contributed by atoms with Crippen molar-refractivity contribution in [2.45, 2.75) is 20.3 Å². The van der Waals surface area contributed by atoms with Gasteiger partial charge in [-0.3, -0.25) is 14.4 Å². The summed E-state index contributed by atoms with van der Waals surface area (Å²) in [6, 6.07) is 14.1. The highest BCUT2D eigenvalue weighted by Crippen LogP contribution is 2.28. The summed E-state index contributed by atoms with van der Waals surface area (Å²) in [6.45, 7) is 4.53. The number of nitrogens with one attached hydrogen (secondary N) is 1. The zero-order valence-electron chi connectivity index (χ0n) is 17.6. The Morgan fingerprint density at radius 2 is 1.74 bits per heavy atom. The summed E-state index contributed by atoms with van der Waals surface area (Å²) in [7, 11) is 0. The highest BCUT2D eigenvalue weighted by atomic mass is 16.5. The van der Waals surface area contributed by atoms with Crippen LogP contribution in [0.4, 0.5) is 11.4 Å². The fraction of sp³-hybridized carbons (Fsp3) is 0.348. The predicted molar refractivity (Wildman–Crippen MR) is 115 cm³/mol. The molecule has 1 heterocycles. The molecule has 1 saturated heterocycles. The molecule has 2 aromatic carbocycles. The Morgan fingerprint density at radius 3 is 2.45 bits per heavy atom. The third-order valence-corrected chi connectivity index (χ3v) is 4.72. The molecule has 1 aliphatic rings. The van der Waals surface area contributed by atoms with Crippen molar-refractivity contribution in [1.29, 1.82) is 0 Å². The SMILES string of the molecule is CCOc1ccc(N2C[C@@H](C(=O)OCC(=O)Nc3ccccc3OCC)CC2=O)cc1. The molecule has 0 radical (unpaired) electrons. The fourth-order valence-corrected chi connectivity index (χ4v) is 3.30. The lowest BCUT2D eigenvalue weighted by Crippen LogP contribution is -2.28. The van der Waals surface area contributed by atoms with Crippen LogP contribution in [0.15, 0.2) is 48.5 Å². The van der Waals surface area contributed by atoms with Crippen molar-refractivity contribution in [2.24, 2.45) is 5.92 Å². The number of hydrogen-bond donors (Lipinski definition) is 1. The molecule has 164 valence electrons. The summed E-state index contributed by atoms with van der Waals surface area (Å²) in [5.74, 6) is -0.588. The van der Waals surface area contributed by atoms with E-state index in [1.54, 1.807) is 53.4 Å². The summed E-state index contributed by atoms with van der Waals surface area (Å²) >= 11 is 0. The van der Waals surface area contributed by atoms with Crippen molar-refractivity contribution < 1.29 is 28.6 Å². The van der Waals surface area contributed by atoms with Gasteiger partial charge in [0.15, 0.2) is 6.61 Å². The van der Waals surface area contributed by atoms with Crippen LogP contribution in [-0.2, 0) is 19.1 Å². The number of ether oxygens (including phenoxy) is 3. The van der Waals surface area contributed by atoms with Gasteiger partial charge in [0, 0.05) is 18.7 Å². The number of anilines is 2. The Hall–Kier alpha value is -3.55. The maximum Gasteiger partial charge on any atom is 0.311 e. The van der Waals surface area contributed by atoms with Crippen molar-refractivity contribution in [2.75, 3.05) is 36.6 Å². The third kappa shape index (κ3) is 5.75. The summed E-state index contributed by atoms with van der Waals surface area (Å²) in [6.07, 6.45) is 0.0425. The van der Waals surface area contributed by atoms with Crippen LogP contribution in [0.2, 0.25) is 0 Å². The Bertz CT molecular complexity index is 928. The number of esters is 1. The molecule has 8 heteroatoms. The normalized spacial score (nSPS) is 15.5. The van der Waals surface area contributed by atoms with E-state index in [1.165, 1.54) is 0 Å². The van der Waals surface area contributed by atoms with Crippen molar-refractivity contribution in [3.63, 3.8) is 0 Å². The second-order valence-corrected chi connectivity index (χ2v) is 6.92. The molecule has 0 aliphatic carbocycles. The molecule has 0 unspecified atom stereocenters. The first-order valence-electron chi connectivity index (χ1n) is 10.2. The second-order valence-electron chi connectivity index (χ2n) is 6.92. The number of carbonyl (C=O) groups excluding carboxylic acids is 3. The van der Waals surface area contributed by atoms with Crippen molar-refractivity contribution >= 4 is 29.2 Å². The molecule has 1 fully saturated rings. The third-order valence-electron chi connectivity index (χ3n) is 4.72. The van der Waals surface area contributed by atoms with E-state index in [2.05, 4.69) is 5.32 Å². The van der Waals surface area contributed by atoms with Gasteiger partial charge in [-0.25, -0.2) is 0 Å².